The van der Waals surface area contributed by atoms with Gasteiger partial charge in [0.2, 0.25) is 0 Å². The van der Waals surface area contributed by atoms with Crippen LogP contribution in [0.25, 0.3) is 0 Å². The van der Waals surface area contributed by atoms with E-state index in [1.54, 1.807) is 0 Å². The average molecular weight is 208 g/mol. The van der Waals surface area contributed by atoms with E-state index in [1.807, 2.05) is 19.1 Å². The maximum absolute atomic E-state index is 8.91. The van der Waals surface area contributed by atoms with E-state index in [1.165, 1.54) is 0 Å². The Balaban J connectivity index is 2.77. The number of rotatable bonds is 5. The van der Waals surface area contributed by atoms with Gasteiger partial charge >= 0.3 is 0 Å². The number of aliphatic hydroxyl groups is 1. The van der Waals surface area contributed by atoms with E-state index < -0.39 is 0 Å². The van der Waals surface area contributed by atoms with Gasteiger partial charge in [0, 0.05) is 24.8 Å². The monoisotopic (exact) mass is 208 g/mol. The molecule has 0 aliphatic heterocycles. The minimum Gasteiger partial charge on any atom is -0.395 e. The highest BCUT2D eigenvalue weighted by atomic mass is 16.3. The number of likely N-dealkylation sites (N-methyl/N-ethyl adjacent to an activating group) is 1. The Kier molecular flexibility index (Phi) is 4.59. The highest BCUT2D eigenvalue weighted by Crippen LogP contribution is 2.17. The maximum Gasteiger partial charge on any atom is 0.0606 e. The predicted molar refractivity (Wildman–Crippen MR) is 64.0 cm³/mol. The molecule has 0 fully saturated rings. The predicted octanol–water partition coefficient (Wildman–Crippen LogP) is 1.52. The molecule has 0 bridgehead atoms. The van der Waals surface area contributed by atoms with E-state index in [9.17, 15) is 0 Å². The smallest absolute Gasteiger partial charge is 0.0606 e. The second-order valence-electron chi connectivity index (χ2n) is 3.68. The number of aliphatic hydroxyl groups excluding tert-OH is 1. The van der Waals surface area contributed by atoms with E-state index in [-0.39, 0.29) is 12.6 Å². The zero-order chi connectivity index (χ0) is 11.3. The lowest BCUT2D eigenvalue weighted by atomic mass is 10.1. The SMILES string of the molecule is CCN(CCO)c1ccc([C@H](C)N)cc1. The minimum absolute atomic E-state index is 0.0759. The van der Waals surface area contributed by atoms with E-state index in [0.29, 0.717) is 6.54 Å². The second-order valence-corrected chi connectivity index (χ2v) is 3.68. The molecule has 15 heavy (non-hydrogen) atoms. The van der Waals surface area contributed by atoms with Gasteiger partial charge in [0.05, 0.1) is 6.61 Å². The van der Waals surface area contributed by atoms with Crippen LogP contribution in [0.1, 0.15) is 25.5 Å². The van der Waals surface area contributed by atoms with Gasteiger partial charge in [-0.2, -0.15) is 0 Å². The molecule has 1 aromatic carbocycles. The summed E-state index contributed by atoms with van der Waals surface area (Å²) in [5, 5.41) is 8.91. The zero-order valence-corrected chi connectivity index (χ0v) is 9.48. The van der Waals surface area contributed by atoms with Crippen molar-refractivity contribution in [1.82, 2.24) is 0 Å². The molecule has 1 aromatic rings. The highest BCUT2D eigenvalue weighted by Gasteiger charge is 2.04. The topological polar surface area (TPSA) is 49.5 Å². The van der Waals surface area contributed by atoms with E-state index >= 15 is 0 Å². The van der Waals surface area contributed by atoms with Crippen LogP contribution < -0.4 is 10.6 Å². The molecule has 0 unspecified atom stereocenters. The van der Waals surface area contributed by atoms with Crippen LogP contribution in [0, 0.1) is 0 Å². The lowest BCUT2D eigenvalue weighted by Crippen LogP contribution is -2.26. The quantitative estimate of drug-likeness (QED) is 0.771. The Hall–Kier alpha value is -1.06. The summed E-state index contributed by atoms with van der Waals surface area (Å²) in [6.45, 7) is 5.81. The number of nitrogens with zero attached hydrogens (tertiary/aromatic N) is 1. The fraction of sp³-hybridized carbons (Fsp3) is 0.500. The summed E-state index contributed by atoms with van der Waals surface area (Å²) in [7, 11) is 0. The van der Waals surface area contributed by atoms with Crippen LogP contribution in [0.4, 0.5) is 5.69 Å². The van der Waals surface area contributed by atoms with Crippen molar-refractivity contribution in [2.75, 3.05) is 24.6 Å². The molecule has 0 aliphatic rings. The molecule has 0 amide bonds. The third-order valence-electron chi connectivity index (χ3n) is 2.54. The van der Waals surface area contributed by atoms with Gasteiger partial charge in [0.1, 0.15) is 0 Å². The first-order chi connectivity index (χ1) is 7.19. The van der Waals surface area contributed by atoms with Crippen LogP contribution in [-0.2, 0) is 0 Å². The van der Waals surface area contributed by atoms with Crippen LogP contribution in [0.15, 0.2) is 24.3 Å². The van der Waals surface area contributed by atoms with Gasteiger partial charge in [0.15, 0.2) is 0 Å². The van der Waals surface area contributed by atoms with Crippen molar-refractivity contribution in [3.8, 4) is 0 Å². The van der Waals surface area contributed by atoms with Crippen molar-refractivity contribution >= 4 is 5.69 Å². The van der Waals surface area contributed by atoms with Gasteiger partial charge in [-0.3, -0.25) is 0 Å². The van der Waals surface area contributed by atoms with Gasteiger partial charge < -0.3 is 15.7 Å². The largest absolute Gasteiger partial charge is 0.395 e. The number of hydrogen-bond donors (Lipinski definition) is 2. The van der Waals surface area contributed by atoms with E-state index in [0.717, 1.165) is 17.8 Å². The van der Waals surface area contributed by atoms with Crippen molar-refractivity contribution in [2.24, 2.45) is 5.73 Å². The van der Waals surface area contributed by atoms with Crippen LogP contribution in [-0.4, -0.2) is 24.8 Å². The summed E-state index contributed by atoms with van der Waals surface area (Å²) in [6, 6.07) is 8.27. The Morgan fingerprint density at radius 1 is 1.33 bits per heavy atom. The summed E-state index contributed by atoms with van der Waals surface area (Å²) in [5.74, 6) is 0. The molecule has 0 radical (unpaired) electrons. The van der Waals surface area contributed by atoms with Crippen molar-refractivity contribution in [2.45, 2.75) is 19.9 Å². The normalized spacial score (nSPS) is 12.5. The summed E-state index contributed by atoms with van der Waals surface area (Å²) >= 11 is 0. The third-order valence-corrected chi connectivity index (χ3v) is 2.54. The Labute approximate surface area is 91.5 Å². The molecule has 0 spiro atoms. The summed E-state index contributed by atoms with van der Waals surface area (Å²) in [5.41, 5.74) is 8.05. The number of hydrogen-bond acceptors (Lipinski definition) is 3. The molecule has 0 aromatic heterocycles. The molecule has 3 heteroatoms. The standard InChI is InChI=1S/C12H20N2O/c1-3-14(8-9-15)12-6-4-11(5-7-12)10(2)13/h4-7,10,15H,3,8-9,13H2,1-2H3/t10-/m0/s1. The molecule has 0 saturated heterocycles. The molecule has 3 N–H and O–H groups in total. The first kappa shape index (κ1) is 12.0. The lowest BCUT2D eigenvalue weighted by molar-refractivity contribution is 0.302. The minimum atomic E-state index is 0.0759. The molecule has 0 saturated carbocycles. The number of benzene rings is 1. The Morgan fingerprint density at radius 2 is 1.93 bits per heavy atom. The van der Waals surface area contributed by atoms with Crippen LogP contribution >= 0.6 is 0 Å². The molecular weight excluding hydrogens is 188 g/mol. The summed E-state index contributed by atoms with van der Waals surface area (Å²) < 4.78 is 0. The maximum atomic E-state index is 8.91. The number of nitrogens with two attached hydrogens (primary N) is 1. The fourth-order valence-corrected chi connectivity index (χ4v) is 1.58. The lowest BCUT2D eigenvalue weighted by Gasteiger charge is -2.22. The zero-order valence-electron chi connectivity index (χ0n) is 9.48. The van der Waals surface area contributed by atoms with Gasteiger partial charge in [-0.15, -0.1) is 0 Å². The first-order valence-corrected chi connectivity index (χ1v) is 5.40. The Bertz CT molecular complexity index is 282. The van der Waals surface area contributed by atoms with Crippen molar-refractivity contribution in [3.05, 3.63) is 29.8 Å². The molecule has 84 valence electrons. The first-order valence-electron chi connectivity index (χ1n) is 5.40. The molecule has 0 aliphatic carbocycles. The Morgan fingerprint density at radius 3 is 2.33 bits per heavy atom. The van der Waals surface area contributed by atoms with Gasteiger partial charge in [0.25, 0.3) is 0 Å². The summed E-state index contributed by atoms with van der Waals surface area (Å²) in [6.07, 6.45) is 0. The molecule has 1 atom stereocenters. The third kappa shape index (κ3) is 3.22. The fourth-order valence-electron chi connectivity index (χ4n) is 1.58. The van der Waals surface area contributed by atoms with Gasteiger partial charge in [-0.1, -0.05) is 12.1 Å². The molecule has 0 heterocycles. The average Bonchev–Trinajstić information content (AvgIpc) is 2.26. The van der Waals surface area contributed by atoms with Crippen molar-refractivity contribution < 1.29 is 5.11 Å². The second kappa shape index (κ2) is 5.73. The number of anilines is 1. The van der Waals surface area contributed by atoms with Crippen LogP contribution in [0.3, 0.4) is 0 Å². The molecule has 3 nitrogen and oxygen atoms in total. The van der Waals surface area contributed by atoms with Crippen LogP contribution in [0.5, 0.6) is 0 Å². The molecular formula is C12H20N2O. The highest BCUT2D eigenvalue weighted by molar-refractivity contribution is 5.47. The van der Waals surface area contributed by atoms with Gasteiger partial charge in [-0.25, -0.2) is 0 Å². The van der Waals surface area contributed by atoms with E-state index in [2.05, 4.69) is 24.0 Å². The van der Waals surface area contributed by atoms with Crippen molar-refractivity contribution in [3.63, 3.8) is 0 Å². The molecule has 1 rings (SSSR count). The van der Waals surface area contributed by atoms with E-state index in [4.69, 9.17) is 10.8 Å². The van der Waals surface area contributed by atoms with Gasteiger partial charge in [-0.05, 0) is 31.5 Å². The van der Waals surface area contributed by atoms with Crippen molar-refractivity contribution in [1.29, 1.82) is 0 Å². The van der Waals surface area contributed by atoms with Crippen LogP contribution in [0.2, 0.25) is 0 Å². The summed E-state index contributed by atoms with van der Waals surface area (Å²) in [4.78, 5) is 2.13.